The van der Waals surface area contributed by atoms with Crippen molar-refractivity contribution in [2.75, 3.05) is 13.1 Å². The lowest BCUT2D eigenvalue weighted by molar-refractivity contribution is -0.129. The van der Waals surface area contributed by atoms with E-state index in [0.29, 0.717) is 36.3 Å². The lowest BCUT2D eigenvalue weighted by Gasteiger charge is -2.38. The summed E-state index contributed by atoms with van der Waals surface area (Å²) in [6.07, 6.45) is 1.70. The molecule has 0 radical (unpaired) electrons. The number of hydrogen-bond acceptors (Lipinski definition) is 5. The van der Waals surface area contributed by atoms with Gasteiger partial charge >= 0.3 is 5.76 Å². The van der Waals surface area contributed by atoms with Gasteiger partial charge in [0.25, 0.3) is 5.91 Å². The summed E-state index contributed by atoms with van der Waals surface area (Å²) in [5.41, 5.74) is 3.33. The van der Waals surface area contributed by atoms with Gasteiger partial charge in [-0.15, -0.1) is 0 Å². The van der Waals surface area contributed by atoms with Crippen LogP contribution in [-0.2, 0) is 18.4 Å². The van der Waals surface area contributed by atoms with Gasteiger partial charge in [-0.3, -0.25) is 19.1 Å². The van der Waals surface area contributed by atoms with Gasteiger partial charge in [0.2, 0.25) is 5.91 Å². The molecule has 3 aromatic rings. The molecule has 1 fully saturated rings. The van der Waals surface area contributed by atoms with Crippen molar-refractivity contribution in [2.24, 2.45) is 13.0 Å². The minimum Gasteiger partial charge on any atom is -0.408 e. The van der Waals surface area contributed by atoms with E-state index in [1.54, 1.807) is 36.3 Å². The largest absolute Gasteiger partial charge is 0.419 e. The zero-order valence-corrected chi connectivity index (χ0v) is 15.6. The average Bonchev–Trinajstić information content (AvgIpc) is 2.93. The van der Waals surface area contributed by atoms with Gasteiger partial charge in [-0.1, -0.05) is 6.07 Å². The minimum absolute atomic E-state index is 0.0817. The standard InChI is InChI=1S/C20H20N4O4/c1-12-4-3-7-21-15(12)9-22-18(25)14-10-24(11-14)19(26)13-5-6-17-16(8-13)23(2)20(27)28-17/h3-8,14H,9-11H2,1-2H3,(H,22,25). The predicted octanol–water partition coefficient (Wildman–Crippen LogP) is 1.22. The third kappa shape index (κ3) is 3.17. The van der Waals surface area contributed by atoms with Crippen molar-refractivity contribution in [2.45, 2.75) is 13.5 Å². The molecule has 1 aliphatic rings. The molecule has 2 aromatic heterocycles. The molecule has 0 unspecified atom stereocenters. The van der Waals surface area contributed by atoms with E-state index in [1.807, 2.05) is 19.1 Å². The quantitative estimate of drug-likeness (QED) is 0.734. The Morgan fingerprint density at radius 3 is 2.82 bits per heavy atom. The summed E-state index contributed by atoms with van der Waals surface area (Å²) >= 11 is 0. The number of hydrogen-bond donors (Lipinski definition) is 1. The molecular formula is C20H20N4O4. The van der Waals surface area contributed by atoms with Crippen LogP contribution in [0, 0.1) is 12.8 Å². The highest BCUT2D eigenvalue weighted by molar-refractivity contribution is 5.98. The second-order valence-corrected chi connectivity index (χ2v) is 7.00. The van der Waals surface area contributed by atoms with Gasteiger partial charge in [0.1, 0.15) is 0 Å². The highest BCUT2D eigenvalue weighted by atomic mass is 16.4. The van der Waals surface area contributed by atoms with Gasteiger partial charge in [0.15, 0.2) is 5.58 Å². The molecule has 0 saturated carbocycles. The van der Waals surface area contributed by atoms with Crippen LogP contribution >= 0.6 is 0 Å². The molecular weight excluding hydrogens is 360 g/mol. The molecule has 28 heavy (non-hydrogen) atoms. The minimum atomic E-state index is -0.469. The molecule has 1 saturated heterocycles. The maximum Gasteiger partial charge on any atom is 0.419 e. The van der Waals surface area contributed by atoms with Crippen molar-refractivity contribution >= 4 is 22.9 Å². The van der Waals surface area contributed by atoms with Gasteiger partial charge < -0.3 is 14.6 Å². The Morgan fingerprint density at radius 2 is 2.07 bits per heavy atom. The number of fused-ring (bicyclic) bond motifs is 1. The first kappa shape index (κ1) is 18.0. The van der Waals surface area contributed by atoms with E-state index in [1.165, 1.54) is 4.57 Å². The molecule has 0 atom stereocenters. The fourth-order valence-corrected chi connectivity index (χ4v) is 3.27. The Balaban J connectivity index is 1.36. The van der Waals surface area contributed by atoms with Crippen LogP contribution in [-0.4, -0.2) is 39.4 Å². The number of benzene rings is 1. The van der Waals surface area contributed by atoms with Gasteiger partial charge in [-0.25, -0.2) is 4.79 Å². The molecule has 3 heterocycles. The summed E-state index contributed by atoms with van der Waals surface area (Å²) in [6, 6.07) is 8.69. The number of rotatable bonds is 4. The molecule has 2 amide bonds. The van der Waals surface area contributed by atoms with E-state index in [9.17, 15) is 14.4 Å². The van der Waals surface area contributed by atoms with Crippen LogP contribution in [0.3, 0.4) is 0 Å². The lowest BCUT2D eigenvalue weighted by Crippen LogP contribution is -2.55. The van der Waals surface area contributed by atoms with Crippen LogP contribution in [0.5, 0.6) is 0 Å². The Kier molecular flexibility index (Phi) is 4.46. The van der Waals surface area contributed by atoms with Crippen molar-refractivity contribution in [1.82, 2.24) is 19.8 Å². The zero-order valence-electron chi connectivity index (χ0n) is 15.6. The van der Waals surface area contributed by atoms with E-state index in [4.69, 9.17) is 4.42 Å². The van der Waals surface area contributed by atoms with Crippen LogP contribution in [0.15, 0.2) is 45.7 Å². The molecule has 0 aliphatic carbocycles. The van der Waals surface area contributed by atoms with Crippen molar-refractivity contribution in [3.63, 3.8) is 0 Å². The molecule has 8 heteroatoms. The second-order valence-electron chi connectivity index (χ2n) is 7.00. The number of aromatic nitrogens is 2. The first-order valence-electron chi connectivity index (χ1n) is 9.01. The Bertz CT molecular complexity index is 1120. The fraction of sp³-hybridized carbons (Fsp3) is 0.300. The van der Waals surface area contributed by atoms with Crippen LogP contribution in [0.1, 0.15) is 21.6 Å². The SMILES string of the molecule is Cc1cccnc1CNC(=O)C1CN(C(=O)c2ccc3oc(=O)n(C)c3c2)C1. The third-order valence-corrected chi connectivity index (χ3v) is 5.13. The van der Waals surface area contributed by atoms with Crippen LogP contribution in [0.2, 0.25) is 0 Å². The van der Waals surface area contributed by atoms with Crippen molar-refractivity contribution in [3.8, 4) is 0 Å². The predicted molar refractivity (Wildman–Crippen MR) is 102 cm³/mol. The maximum atomic E-state index is 12.6. The number of aryl methyl sites for hydroxylation is 2. The van der Waals surface area contributed by atoms with Crippen molar-refractivity contribution < 1.29 is 14.0 Å². The number of carbonyl (C=O) groups excluding carboxylic acids is 2. The Labute approximate surface area is 160 Å². The number of pyridine rings is 1. The first-order valence-corrected chi connectivity index (χ1v) is 9.01. The topological polar surface area (TPSA) is 97.4 Å². The van der Waals surface area contributed by atoms with E-state index in [-0.39, 0.29) is 17.7 Å². The van der Waals surface area contributed by atoms with E-state index in [0.717, 1.165) is 11.3 Å². The number of nitrogens with zero attached hydrogens (tertiary/aromatic N) is 3. The second kappa shape index (κ2) is 6.95. The number of carbonyl (C=O) groups is 2. The van der Waals surface area contributed by atoms with Gasteiger partial charge in [-0.05, 0) is 36.8 Å². The van der Waals surface area contributed by atoms with Gasteiger partial charge in [-0.2, -0.15) is 0 Å². The van der Waals surface area contributed by atoms with Crippen LogP contribution < -0.4 is 11.1 Å². The average molecular weight is 380 g/mol. The van der Waals surface area contributed by atoms with E-state index < -0.39 is 5.76 Å². The summed E-state index contributed by atoms with van der Waals surface area (Å²) in [6.45, 7) is 3.06. The third-order valence-electron chi connectivity index (χ3n) is 5.13. The number of likely N-dealkylation sites (tertiary alicyclic amines) is 1. The number of oxazole rings is 1. The number of nitrogens with one attached hydrogen (secondary N) is 1. The summed E-state index contributed by atoms with van der Waals surface area (Å²) < 4.78 is 6.44. The summed E-state index contributed by atoms with van der Waals surface area (Å²) in [5.74, 6) is -0.944. The monoisotopic (exact) mass is 380 g/mol. The molecule has 4 rings (SSSR count). The molecule has 0 bridgehead atoms. The zero-order chi connectivity index (χ0) is 19.8. The Morgan fingerprint density at radius 1 is 1.29 bits per heavy atom. The molecule has 1 N–H and O–H groups in total. The molecule has 0 spiro atoms. The normalized spacial score (nSPS) is 14.1. The van der Waals surface area contributed by atoms with Crippen molar-refractivity contribution in [1.29, 1.82) is 0 Å². The Hall–Kier alpha value is -3.42. The van der Waals surface area contributed by atoms with Crippen molar-refractivity contribution in [3.05, 3.63) is 63.9 Å². The van der Waals surface area contributed by atoms with Crippen LogP contribution in [0.4, 0.5) is 0 Å². The van der Waals surface area contributed by atoms with Gasteiger partial charge in [0.05, 0.1) is 23.7 Å². The van der Waals surface area contributed by atoms with E-state index in [2.05, 4.69) is 10.3 Å². The number of amides is 2. The van der Waals surface area contributed by atoms with E-state index >= 15 is 0 Å². The first-order chi connectivity index (χ1) is 13.4. The fourth-order valence-electron chi connectivity index (χ4n) is 3.27. The summed E-state index contributed by atoms with van der Waals surface area (Å²) in [5, 5.41) is 2.89. The highest BCUT2D eigenvalue weighted by Gasteiger charge is 2.36. The summed E-state index contributed by atoms with van der Waals surface area (Å²) in [7, 11) is 1.59. The maximum absolute atomic E-state index is 12.6. The van der Waals surface area contributed by atoms with Gasteiger partial charge in [0, 0.05) is 31.9 Å². The molecule has 1 aliphatic heterocycles. The molecule has 144 valence electrons. The van der Waals surface area contributed by atoms with Crippen LogP contribution in [0.25, 0.3) is 11.1 Å². The lowest BCUT2D eigenvalue weighted by atomic mass is 9.97. The summed E-state index contributed by atoms with van der Waals surface area (Å²) in [4.78, 5) is 42.4. The molecule has 1 aromatic carbocycles. The smallest absolute Gasteiger partial charge is 0.408 e. The highest BCUT2D eigenvalue weighted by Crippen LogP contribution is 2.21. The molecule has 8 nitrogen and oxygen atoms in total.